The van der Waals surface area contributed by atoms with Crippen LogP contribution < -0.4 is 5.32 Å². The van der Waals surface area contributed by atoms with E-state index in [1.54, 1.807) is 6.20 Å². The second-order valence-corrected chi connectivity index (χ2v) is 7.62. The lowest BCUT2D eigenvalue weighted by atomic mass is 9.90. The summed E-state index contributed by atoms with van der Waals surface area (Å²) in [5.41, 5.74) is -0.169. The molecule has 1 aromatic rings. The SMILES string of the molecule is CCC(C)(C)NC(=O)C(C)N1CCC(C(O)c2nccn2C)CC1. The molecule has 2 N–H and O–H groups in total. The van der Waals surface area contributed by atoms with Gasteiger partial charge in [0.25, 0.3) is 0 Å². The number of nitrogens with one attached hydrogen (secondary N) is 1. The maximum absolute atomic E-state index is 12.4. The van der Waals surface area contributed by atoms with Gasteiger partial charge in [0.15, 0.2) is 0 Å². The van der Waals surface area contributed by atoms with Crippen molar-refractivity contribution in [3.8, 4) is 0 Å². The predicted molar refractivity (Wildman–Crippen MR) is 94.4 cm³/mol. The first-order valence-corrected chi connectivity index (χ1v) is 8.96. The van der Waals surface area contributed by atoms with Crippen LogP contribution >= 0.6 is 0 Å². The Morgan fingerprint density at radius 3 is 2.58 bits per heavy atom. The van der Waals surface area contributed by atoms with E-state index >= 15 is 0 Å². The highest BCUT2D eigenvalue weighted by Gasteiger charge is 2.32. The van der Waals surface area contributed by atoms with Gasteiger partial charge >= 0.3 is 0 Å². The number of aliphatic hydroxyl groups excluding tert-OH is 1. The third-order valence-corrected chi connectivity index (χ3v) is 5.42. The Morgan fingerprint density at radius 2 is 2.08 bits per heavy atom. The van der Waals surface area contributed by atoms with Gasteiger partial charge in [0.05, 0.1) is 6.04 Å². The summed E-state index contributed by atoms with van der Waals surface area (Å²) >= 11 is 0. The highest BCUT2D eigenvalue weighted by atomic mass is 16.3. The standard InChI is InChI=1S/C18H32N4O2/c1-6-18(3,4)20-17(24)13(2)22-10-7-14(8-11-22)15(23)16-19-9-12-21(16)5/h9,12-15,23H,6-8,10-11H2,1-5H3,(H,20,24). The molecule has 2 heterocycles. The van der Waals surface area contributed by atoms with Gasteiger partial charge in [0.1, 0.15) is 11.9 Å². The molecule has 2 atom stereocenters. The van der Waals surface area contributed by atoms with Gasteiger partial charge in [-0.3, -0.25) is 9.69 Å². The summed E-state index contributed by atoms with van der Waals surface area (Å²) in [5.74, 6) is 1.01. The van der Waals surface area contributed by atoms with E-state index in [1.807, 2.05) is 38.6 Å². The van der Waals surface area contributed by atoms with Gasteiger partial charge in [0, 0.05) is 25.0 Å². The normalized spacial score (nSPS) is 19.9. The van der Waals surface area contributed by atoms with Crippen molar-refractivity contribution in [2.45, 2.75) is 64.6 Å². The summed E-state index contributed by atoms with van der Waals surface area (Å²) in [4.78, 5) is 18.9. The fourth-order valence-electron chi connectivity index (χ4n) is 3.19. The van der Waals surface area contributed by atoms with Crippen LogP contribution in [0.2, 0.25) is 0 Å². The highest BCUT2D eigenvalue weighted by molar-refractivity contribution is 5.82. The Bertz CT molecular complexity index is 547. The first-order valence-electron chi connectivity index (χ1n) is 8.96. The zero-order valence-corrected chi connectivity index (χ0v) is 15.6. The van der Waals surface area contributed by atoms with Crippen molar-refractivity contribution in [2.24, 2.45) is 13.0 Å². The summed E-state index contributed by atoms with van der Waals surface area (Å²) in [6.45, 7) is 9.80. The van der Waals surface area contributed by atoms with Crippen LogP contribution in [0.4, 0.5) is 0 Å². The highest BCUT2D eigenvalue weighted by Crippen LogP contribution is 2.30. The zero-order valence-electron chi connectivity index (χ0n) is 15.6. The lowest BCUT2D eigenvalue weighted by molar-refractivity contribution is -0.128. The molecule has 0 saturated carbocycles. The number of aromatic nitrogens is 2. The Kier molecular flexibility index (Phi) is 6.04. The van der Waals surface area contributed by atoms with Gasteiger partial charge in [-0.15, -0.1) is 0 Å². The number of piperidine rings is 1. The average Bonchev–Trinajstić information content (AvgIpc) is 2.99. The van der Waals surface area contributed by atoms with Gasteiger partial charge in [-0.2, -0.15) is 0 Å². The maximum Gasteiger partial charge on any atom is 0.237 e. The first kappa shape index (κ1) is 18.9. The molecular weight excluding hydrogens is 304 g/mol. The number of amides is 1. The molecule has 1 saturated heterocycles. The van der Waals surface area contributed by atoms with Gasteiger partial charge in [0.2, 0.25) is 5.91 Å². The quantitative estimate of drug-likeness (QED) is 0.832. The summed E-state index contributed by atoms with van der Waals surface area (Å²) in [5, 5.41) is 13.7. The van der Waals surface area contributed by atoms with E-state index in [2.05, 4.69) is 22.1 Å². The van der Waals surface area contributed by atoms with Crippen LogP contribution in [-0.4, -0.2) is 50.1 Å². The minimum atomic E-state index is -0.532. The van der Waals surface area contributed by atoms with Crippen LogP contribution in [0, 0.1) is 5.92 Å². The maximum atomic E-state index is 12.4. The van der Waals surface area contributed by atoms with E-state index < -0.39 is 6.10 Å². The number of hydrogen-bond donors (Lipinski definition) is 2. The van der Waals surface area contributed by atoms with Gasteiger partial charge in [-0.05, 0) is 59.0 Å². The van der Waals surface area contributed by atoms with Crippen molar-refractivity contribution in [2.75, 3.05) is 13.1 Å². The van der Waals surface area contributed by atoms with E-state index in [4.69, 9.17) is 0 Å². The van der Waals surface area contributed by atoms with Crippen LogP contribution in [0.15, 0.2) is 12.4 Å². The van der Waals surface area contributed by atoms with Crippen molar-refractivity contribution in [3.05, 3.63) is 18.2 Å². The number of carbonyl (C=O) groups excluding carboxylic acids is 1. The number of aryl methyl sites for hydroxylation is 1. The fourth-order valence-corrected chi connectivity index (χ4v) is 3.19. The van der Waals surface area contributed by atoms with Crippen molar-refractivity contribution >= 4 is 5.91 Å². The van der Waals surface area contributed by atoms with Crippen LogP contribution in [0.5, 0.6) is 0 Å². The first-order chi connectivity index (χ1) is 11.2. The van der Waals surface area contributed by atoms with Crippen molar-refractivity contribution in [1.82, 2.24) is 19.8 Å². The Balaban J connectivity index is 1.88. The molecule has 1 fully saturated rings. The molecular formula is C18H32N4O2. The van der Waals surface area contributed by atoms with E-state index in [-0.39, 0.29) is 23.4 Å². The van der Waals surface area contributed by atoms with Crippen LogP contribution in [0.1, 0.15) is 58.9 Å². The summed E-state index contributed by atoms with van der Waals surface area (Å²) in [6.07, 6.45) is 5.70. The third-order valence-electron chi connectivity index (χ3n) is 5.42. The van der Waals surface area contributed by atoms with E-state index in [0.29, 0.717) is 0 Å². The summed E-state index contributed by atoms with van der Waals surface area (Å²) < 4.78 is 1.87. The largest absolute Gasteiger partial charge is 0.385 e. The average molecular weight is 336 g/mol. The lowest BCUT2D eigenvalue weighted by Crippen LogP contribution is -2.53. The smallest absolute Gasteiger partial charge is 0.237 e. The number of rotatable bonds is 6. The molecule has 0 bridgehead atoms. The monoisotopic (exact) mass is 336 g/mol. The molecule has 0 spiro atoms. The molecule has 0 radical (unpaired) electrons. The van der Waals surface area contributed by atoms with Crippen molar-refractivity contribution < 1.29 is 9.90 Å². The molecule has 1 aliphatic heterocycles. The summed E-state index contributed by atoms with van der Waals surface area (Å²) in [7, 11) is 1.91. The molecule has 24 heavy (non-hydrogen) atoms. The number of hydrogen-bond acceptors (Lipinski definition) is 4. The minimum Gasteiger partial charge on any atom is -0.385 e. The molecule has 1 aliphatic rings. The number of imidazole rings is 1. The summed E-state index contributed by atoms with van der Waals surface area (Å²) in [6, 6.07) is -0.137. The van der Waals surface area contributed by atoms with Crippen LogP contribution in [-0.2, 0) is 11.8 Å². The third kappa shape index (κ3) is 4.36. The van der Waals surface area contributed by atoms with E-state index in [1.165, 1.54) is 0 Å². The Hall–Kier alpha value is -1.40. The zero-order chi connectivity index (χ0) is 17.9. The number of likely N-dealkylation sites (tertiary alicyclic amines) is 1. The second-order valence-electron chi connectivity index (χ2n) is 7.62. The molecule has 1 amide bonds. The lowest BCUT2D eigenvalue weighted by Gasteiger charge is -2.38. The number of carbonyl (C=O) groups is 1. The Labute approximate surface area is 145 Å². The van der Waals surface area contributed by atoms with Gasteiger partial charge in [-0.1, -0.05) is 6.92 Å². The molecule has 6 nitrogen and oxygen atoms in total. The van der Waals surface area contributed by atoms with E-state index in [0.717, 1.165) is 38.2 Å². The predicted octanol–water partition coefficient (Wildman–Crippen LogP) is 1.86. The molecule has 2 rings (SSSR count). The van der Waals surface area contributed by atoms with Crippen LogP contribution in [0.25, 0.3) is 0 Å². The molecule has 2 unspecified atom stereocenters. The number of aliphatic hydroxyl groups is 1. The minimum absolute atomic E-state index is 0.0879. The Morgan fingerprint density at radius 1 is 1.46 bits per heavy atom. The molecule has 6 heteroatoms. The number of nitrogens with zero attached hydrogens (tertiary/aromatic N) is 3. The fraction of sp³-hybridized carbons (Fsp3) is 0.778. The second kappa shape index (κ2) is 7.66. The van der Waals surface area contributed by atoms with Crippen molar-refractivity contribution in [1.29, 1.82) is 0 Å². The van der Waals surface area contributed by atoms with Crippen LogP contribution in [0.3, 0.4) is 0 Å². The molecule has 136 valence electrons. The molecule has 0 aromatic carbocycles. The van der Waals surface area contributed by atoms with Gasteiger partial charge < -0.3 is 15.0 Å². The topological polar surface area (TPSA) is 70.4 Å². The molecule has 0 aliphatic carbocycles. The van der Waals surface area contributed by atoms with E-state index in [9.17, 15) is 9.90 Å². The van der Waals surface area contributed by atoms with Gasteiger partial charge in [-0.25, -0.2) is 4.98 Å². The molecule has 1 aromatic heterocycles. The van der Waals surface area contributed by atoms with Crippen molar-refractivity contribution in [3.63, 3.8) is 0 Å².